The first-order valence-corrected chi connectivity index (χ1v) is 7.90. The van der Waals surface area contributed by atoms with Crippen LogP contribution in [0.15, 0.2) is 0 Å². The van der Waals surface area contributed by atoms with Crippen molar-refractivity contribution in [2.24, 2.45) is 11.8 Å². The summed E-state index contributed by atoms with van der Waals surface area (Å²) in [4.78, 5) is 36.2. The molecule has 0 aromatic rings. The van der Waals surface area contributed by atoms with E-state index in [4.69, 9.17) is 5.11 Å². The number of thioether (sulfide) groups is 1. The summed E-state index contributed by atoms with van der Waals surface area (Å²) in [6.45, 7) is 4.13. The number of amides is 2. The maximum absolute atomic E-state index is 12.1. The van der Waals surface area contributed by atoms with E-state index >= 15 is 0 Å². The summed E-state index contributed by atoms with van der Waals surface area (Å²) in [5.41, 5.74) is 0. The van der Waals surface area contributed by atoms with E-state index in [1.165, 1.54) is 16.7 Å². The van der Waals surface area contributed by atoms with E-state index in [1.807, 2.05) is 13.8 Å². The van der Waals surface area contributed by atoms with Gasteiger partial charge in [-0.2, -0.15) is 0 Å². The number of nitrogens with zero attached hydrogens (tertiary/aromatic N) is 1. The van der Waals surface area contributed by atoms with Crippen molar-refractivity contribution in [2.75, 3.05) is 12.3 Å². The van der Waals surface area contributed by atoms with Crippen LogP contribution in [0.1, 0.15) is 26.7 Å². The normalized spacial score (nSPS) is 32.0. The Kier molecular flexibility index (Phi) is 4.57. The zero-order chi connectivity index (χ0) is 14.9. The molecule has 0 spiro atoms. The number of carboxylic acids is 1. The minimum atomic E-state index is -0.967. The van der Waals surface area contributed by atoms with Gasteiger partial charge >= 0.3 is 5.97 Å². The van der Waals surface area contributed by atoms with Gasteiger partial charge in [0.15, 0.2) is 0 Å². The van der Waals surface area contributed by atoms with Gasteiger partial charge in [-0.25, -0.2) is 4.79 Å². The lowest BCUT2D eigenvalue weighted by molar-refractivity contribution is -0.148. The average Bonchev–Trinajstić information content (AvgIpc) is 2.97. The van der Waals surface area contributed by atoms with Crippen molar-refractivity contribution < 1.29 is 19.5 Å². The van der Waals surface area contributed by atoms with Gasteiger partial charge in [0.25, 0.3) is 0 Å². The third-order valence-corrected chi connectivity index (χ3v) is 5.10. The topological polar surface area (TPSA) is 86.7 Å². The van der Waals surface area contributed by atoms with Gasteiger partial charge in [0.05, 0.1) is 5.37 Å². The highest BCUT2D eigenvalue weighted by atomic mass is 32.2. The number of hydrogen-bond acceptors (Lipinski definition) is 4. The minimum Gasteiger partial charge on any atom is -0.480 e. The quantitative estimate of drug-likeness (QED) is 0.773. The van der Waals surface area contributed by atoms with E-state index < -0.39 is 12.0 Å². The molecule has 0 radical (unpaired) electrons. The second kappa shape index (κ2) is 6.03. The van der Waals surface area contributed by atoms with Crippen LogP contribution in [0.5, 0.6) is 0 Å². The lowest BCUT2D eigenvalue weighted by atomic mass is 10.2. The molecule has 2 N–H and O–H groups in total. The van der Waals surface area contributed by atoms with Crippen molar-refractivity contribution in [2.45, 2.75) is 38.1 Å². The second-order valence-corrected chi connectivity index (χ2v) is 6.80. The standard InChI is InChI=1S/C13H20N2O4S/c1-7-5-9(7)12(17)14-4-3-11(16)15-8(2)20-6-10(15)13(18)19/h7-10H,3-6H2,1-2H3,(H,14,17)(H,18,19). The van der Waals surface area contributed by atoms with Crippen LogP contribution in [0.25, 0.3) is 0 Å². The monoisotopic (exact) mass is 300 g/mol. The Morgan fingerprint density at radius 1 is 1.35 bits per heavy atom. The molecule has 1 aliphatic heterocycles. The SMILES string of the molecule is CC1CC1C(=O)NCCC(=O)N1C(C)SCC1C(=O)O. The van der Waals surface area contributed by atoms with Crippen molar-refractivity contribution in [1.82, 2.24) is 10.2 Å². The Balaban J connectivity index is 1.78. The molecule has 112 valence electrons. The van der Waals surface area contributed by atoms with Crippen LogP contribution in [-0.2, 0) is 14.4 Å². The number of nitrogens with one attached hydrogen (secondary N) is 1. The molecule has 0 bridgehead atoms. The van der Waals surface area contributed by atoms with Crippen molar-refractivity contribution in [1.29, 1.82) is 0 Å². The Morgan fingerprint density at radius 2 is 2.00 bits per heavy atom. The largest absolute Gasteiger partial charge is 0.480 e. The van der Waals surface area contributed by atoms with Gasteiger partial charge in [0.1, 0.15) is 6.04 Å². The van der Waals surface area contributed by atoms with E-state index in [2.05, 4.69) is 5.32 Å². The first kappa shape index (κ1) is 15.2. The molecule has 1 aliphatic carbocycles. The summed E-state index contributed by atoms with van der Waals surface area (Å²) in [5.74, 6) is -0.210. The van der Waals surface area contributed by atoms with Gasteiger partial charge < -0.3 is 15.3 Å². The fourth-order valence-electron chi connectivity index (χ4n) is 2.45. The van der Waals surface area contributed by atoms with Crippen LogP contribution < -0.4 is 5.32 Å². The fraction of sp³-hybridized carbons (Fsp3) is 0.769. The molecule has 2 rings (SSSR count). The molecule has 0 aromatic heterocycles. The number of aliphatic carboxylic acids is 1. The van der Waals surface area contributed by atoms with Gasteiger partial charge in [0.2, 0.25) is 11.8 Å². The summed E-state index contributed by atoms with van der Waals surface area (Å²) in [5, 5.41) is 11.7. The number of rotatable bonds is 5. The molecule has 2 fully saturated rings. The first-order chi connectivity index (χ1) is 9.41. The molecule has 1 heterocycles. The molecule has 7 heteroatoms. The predicted octanol–water partition coefficient (Wildman–Crippen LogP) is 0.523. The van der Waals surface area contributed by atoms with Crippen molar-refractivity contribution in [3.05, 3.63) is 0 Å². The summed E-state index contributed by atoms with van der Waals surface area (Å²) >= 11 is 1.46. The Hall–Kier alpha value is -1.24. The Morgan fingerprint density at radius 3 is 2.55 bits per heavy atom. The van der Waals surface area contributed by atoms with E-state index in [-0.39, 0.29) is 36.1 Å². The molecule has 1 saturated heterocycles. The van der Waals surface area contributed by atoms with Crippen molar-refractivity contribution in [3.63, 3.8) is 0 Å². The number of carbonyl (C=O) groups excluding carboxylic acids is 2. The van der Waals surface area contributed by atoms with Crippen LogP contribution in [0.2, 0.25) is 0 Å². The third kappa shape index (κ3) is 3.26. The van der Waals surface area contributed by atoms with Crippen LogP contribution in [0, 0.1) is 11.8 Å². The van der Waals surface area contributed by atoms with Crippen LogP contribution >= 0.6 is 11.8 Å². The van der Waals surface area contributed by atoms with Gasteiger partial charge in [-0.15, -0.1) is 11.8 Å². The molecule has 2 amide bonds. The van der Waals surface area contributed by atoms with Gasteiger partial charge in [-0.05, 0) is 19.3 Å². The average molecular weight is 300 g/mol. The third-order valence-electron chi connectivity index (χ3n) is 3.88. The molecule has 6 nitrogen and oxygen atoms in total. The molecule has 20 heavy (non-hydrogen) atoms. The number of carboxylic acid groups (broad SMARTS) is 1. The smallest absolute Gasteiger partial charge is 0.327 e. The van der Waals surface area contributed by atoms with Crippen LogP contribution in [0.3, 0.4) is 0 Å². The van der Waals surface area contributed by atoms with E-state index in [9.17, 15) is 14.4 Å². The zero-order valence-electron chi connectivity index (χ0n) is 11.7. The Bertz CT molecular complexity index is 429. The van der Waals surface area contributed by atoms with E-state index in [0.717, 1.165) is 6.42 Å². The van der Waals surface area contributed by atoms with Gasteiger partial charge in [-0.1, -0.05) is 6.92 Å². The number of hydrogen-bond donors (Lipinski definition) is 2. The summed E-state index contributed by atoms with van der Waals surface area (Å²) < 4.78 is 0. The van der Waals surface area contributed by atoms with E-state index in [0.29, 0.717) is 11.7 Å². The highest BCUT2D eigenvalue weighted by molar-refractivity contribution is 8.00. The molecule has 2 aliphatic rings. The van der Waals surface area contributed by atoms with Crippen LogP contribution in [-0.4, -0.2) is 51.5 Å². The highest BCUT2D eigenvalue weighted by Crippen LogP contribution is 2.37. The summed E-state index contributed by atoms with van der Waals surface area (Å²) in [7, 11) is 0. The molecular weight excluding hydrogens is 280 g/mol. The molecule has 4 unspecified atom stereocenters. The lowest BCUT2D eigenvalue weighted by Gasteiger charge is -2.25. The minimum absolute atomic E-state index is 0.00364. The predicted molar refractivity (Wildman–Crippen MR) is 75.1 cm³/mol. The van der Waals surface area contributed by atoms with Gasteiger partial charge in [0, 0.05) is 24.6 Å². The Labute approximate surface area is 122 Å². The maximum Gasteiger partial charge on any atom is 0.327 e. The highest BCUT2D eigenvalue weighted by Gasteiger charge is 2.40. The molecule has 0 aromatic carbocycles. The summed E-state index contributed by atoms with van der Waals surface area (Å²) in [6.07, 6.45) is 1.07. The lowest BCUT2D eigenvalue weighted by Crippen LogP contribution is -2.45. The van der Waals surface area contributed by atoms with E-state index in [1.54, 1.807) is 0 Å². The molecule has 4 atom stereocenters. The number of carbonyl (C=O) groups is 3. The van der Waals surface area contributed by atoms with Gasteiger partial charge in [-0.3, -0.25) is 9.59 Å². The van der Waals surface area contributed by atoms with Crippen LogP contribution in [0.4, 0.5) is 0 Å². The van der Waals surface area contributed by atoms with Crippen molar-refractivity contribution in [3.8, 4) is 0 Å². The van der Waals surface area contributed by atoms with Crippen molar-refractivity contribution >= 4 is 29.5 Å². The summed E-state index contributed by atoms with van der Waals surface area (Å²) in [6, 6.07) is -0.748. The first-order valence-electron chi connectivity index (χ1n) is 6.85. The zero-order valence-corrected chi connectivity index (χ0v) is 12.5. The second-order valence-electron chi connectivity index (χ2n) is 5.45. The maximum atomic E-state index is 12.1. The molecule has 1 saturated carbocycles. The molecular formula is C13H20N2O4S. The fourth-order valence-corrected chi connectivity index (χ4v) is 3.64.